The van der Waals surface area contributed by atoms with E-state index < -0.39 is 0 Å². The summed E-state index contributed by atoms with van der Waals surface area (Å²) >= 11 is 0. The SMILES string of the molecule is O=c1oc2ccccc2c2ccc(-n3c4ccccc4c4cc5c6ccccc6n(-c6ccccc6)c5cc43)cc12. The first-order valence-electron chi connectivity index (χ1n) is 13.7. The fraction of sp³-hybridized carbons (Fsp3) is 0. The first-order valence-corrected chi connectivity index (χ1v) is 13.7. The highest BCUT2D eigenvalue weighted by Gasteiger charge is 2.19. The molecule has 3 aromatic heterocycles. The topological polar surface area (TPSA) is 40.1 Å². The van der Waals surface area contributed by atoms with Gasteiger partial charge in [0.15, 0.2) is 0 Å². The Balaban J connectivity index is 1.42. The standard InChI is InChI=1S/C37H22N2O2/c40-37-31-20-24(18-19-25(31)28-14-6-9-17-36(28)41-37)39-33-16-8-5-13-27(33)30-21-29-26-12-4-7-15-32(26)38(34(29)22-35(30)39)23-10-2-1-3-11-23/h1-22H. The number of aromatic nitrogens is 2. The smallest absolute Gasteiger partial charge is 0.344 e. The van der Waals surface area contributed by atoms with Crippen LogP contribution in [-0.4, -0.2) is 9.13 Å². The quantitative estimate of drug-likeness (QED) is 0.166. The van der Waals surface area contributed by atoms with Crippen LogP contribution >= 0.6 is 0 Å². The minimum absolute atomic E-state index is 0.326. The second-order valence-electron chi connectivity index (χ2n) is 10.5. The number of hydrogen-bond acceptors (Lipinski definition) is 2. The molecule has 0 unspecified atom stereocenters. The molecule has 3 heterocycles. The van der Waals surface area contributed by atoms with E-state index in [9.17, 15) is 4.79 Å². The Bertz CT molecular complexity index is 2550. The van der Waals surface area contributed by atoms with Gasteiger partial charge in [-0.05, 0) is 54.6 Å². The highest BCUT2D eigenvalue weighted by atomic mass is 16.4. The third-order valence-corrected chi connectivity index (χ3v) is 8.34. The predicted octanol–water partition coefficient (Wildman–Crippen LogP) is 9.14. The van der Waals surface area contributed by atoms with Crippen molar-refractivity contribution >= 4 is 65.4 Å². The van der Waals surface area contributed by atoms with Crippen molar-refractivity contribution in [2.75, 3.05) is 0 Å². The van der Waals surface area contributed by atoms with Crippen molar-refractivity contribution in [1.82, 2.24) is 9.13 Å². The molecule has 0 bridgehead atoms. The number of hydrogen-bond donors (Lipinski definition) is 0. The van der Waals surface area contributed by atoms with Crippen LogP contribution in [0.15, 0.2) is 143 Å². The molecule has 0 fully saturated rings. The van der Waals surface area contributed by atoms with Gasteiger partial charge < -0.3 is 13.6 Å². The van der Waals surface area contributed by atoms with Gasteiger partial charge in [-0.2, -0.15) is 0 Å². The van der Waals surface area contributed by atoms with Gasteiger partial charge in [0.05, 0.1) is 27.5 Å². The summed E-state index contributed by atoms with van der Waals surface area (Å²) in [4.78, 5) is 13.1. The second-order valence-corrected chi connectivity index (χ2v) is 10.5. The Morgan fingerprint density at radius 1 is 0.390 bits per heavy atom. The molecule has 9 rings (SSSR count). The van der Waals surface area contributed by atoms with Crippen LogP contribution < -0.4 is 5.63 Å². The molecular formula is C37H22N2O2. The molecule has 6 aromatic carbocycles. The van der Waals surface area contributed by atoms with Gasteiger partial charge >= 0.3 is 5.63 Å². The Morgan fingerprint density at radius 2 is 0.976 bits per heavy atom. The molecule has 0 atom stereocenters. The third-order valence-electron chi connectivity index (χ3n) is 8.34. The summed E-state index contributed by atoms with van der Waals surface area (Å²) in [6.07, 6.45) is 0. The zero-order valence-electron chi connectivity index (χ0n) is 21.9. The molecule has 4 nitrogen and oxygen atoms in total. The van der Waals surface area contributed by atoms with Crippen molar-refractivity contribution < 1.29 is 4.42 Å². The monoisotopic (exact) mass is 526 g/mol. The molecule has 0 aliphatic carbocycles. The molecule has 0 N–H and O–H groups in total. The second kappa shape index (κ2) is 8.20. The number of fused-ring (bicyclic) bond motifs is 9. The van der Waals surface area contributed by atoms with Crippen LogP contribution in [0.2, 0.25) is 0 Å². The van der Waals surface area contributed by atoms with E-state index in [1.807, 2.05) is 42.5 Å². The van der Waals surface area contributed by atoms with E-state index in [0.29, 0.717) is 11.0 Å². The molecule has 0 aliphatic heterocycles. The molecule has 0 saturated heterocycles. The van der Waals surface area contributed by atoms with Crippen LogP contribution in [0.4, 0.5) is 0 Å². The van der Waals surface area contributed by atoms with Crippen LogP contribution in [0, 0.1) is 0 Å². The van der Waals surface area contributed by atoms with E-state index in [-0.39, 0.29) is 5.63 Å². The third kappa shape index (κ3) is 3.07. The van der Waals surface area contributed by atoms with Gasteiger partial charge in [0.1, 0.15) is 5.58 Å². The van der Waals surface area contributed by atoms with Crippen molar-refractivity contribution in [1.29, 1.82) is 0 Å². The zero-order valence-corrected chi connectivity index (χ0v) is 21.9. The molecule has 0 aliphatic rings. The van der Waals surface area contributed by atoms with Crippen molar-refractivity contribution in [2.24, 2.45) is 0 Å². The molecule has 192 valence electrons. The Kier molecular flexibility index (Phi) is 4.44. The van der Waals surface area contributed by atoms with Crippen LogP contribution in [0.5, 0.6) is 0 Å². The van der Waals surface area contributed by atoms with Crippen molar-refractivity contribution in [3.8, 4) is 11.4 Å². The van der Waals surface area contributed by atoms with Crippen molar-refractivity contribution in [2.45, 2.75) is 0 Å². The normalized spacial score (nSPS) is 12.0. The van der Waals surface area contributed by atoms with Gasteiger partial charge in [0.25, 0.3) is 0 Å². The molecule has 0 radical (unpaired) electrons. The van der Waals surface area contributed by atoms with E-state index in [0.717, 1.165) is 38.7 Å². The van der Waals surface area contributed by atoms with Gasteiger partial charge in [-0.15, -0.1) is 0 Å². The number of benzene rings is 6. The average Bonchev–Trinajstić information content (AvgIpc) is 3.52. The summed E-state index contributed by atoms with van der Waals surface area (Å²) in [5.41, 5.74) is 6.81. The summed E-state index contributed by atoms with van der Waals surface area (Å²) in [7, 11) is 0. The lowest BCUT2D eigenvalue weighted by Crippen LogP contribution is -2.02. The largest absolute Gasteiger partial charge is 0.422 e. The average molecular weight is 527 g/mol. The Hall–Kier alpha value is -5.61. The minimum atomic E-state index is -0.326. The summed E-state index contributed by atoms with van der Waals surface area (Å²) in [5, 5.41) is 7.19. The summed E-state index contributed by atoms with van der Waals surface area (Å²) in [5.74, 6) is 0. The summed E-state index contributed by atoms with van der Waals surface area (Å²) in [6, 6.07) is 46.0. The molecule has 41 heavy (non-hydrogen) atoms. The number of nitrogens with zero attached hydrogens (tertiary/aromatic N) is 2. The molecule has 0 spiro atoms. The molecule has 9 aromatic rings. The first kappa shape index (κ1) is 22.2. The number of para-hydroxylation sites is 4. The molecule has 0 saturated carbocycles. The maximum absolute atomic E-state index is 13.1. The maximum Gasteiger partial charge on any atom is 0.344 e. The molecular weight excluding hydrogens is 504 g/mol. The Morgan fingerprint density at radius 3 is 1.68 bits per heavy atom. The minimum Gasteiger partial charge on any atom is -0.422 e. The maximum atomic E-state index is 13.1. The number of rotatable bonds is 2. The van der Waals surface area contributed by atoms with E-state index in [1.54, 1.807) is 0 Å². The van der Waals surface area contributed by atoms with Crippen molar-refractivity contribution in [3.05, 3.63) is 144 Å². The van der Waals surface area contributed by atoms with Gasteiger partial charge in [0.2, 0.25) is 0 Å². The highest BCUT2D eigenvalue weighted by Crippen LogP contribution is 2.39. The predicted molar refractivity (Wildman–Crippen MR) is 169 cm³/mol. The molecule has 0 amide bonds. The van der Waals surface area contributed by atoms with Crippen molar-refractivity contribution in [3.63, 3.8) is 0 Å². The van der Waals surface area contributed by atoms with Crippen LogP contribution in [0.25, 0.3) is 76.7 Å². The lowest BCUT2D eigenvalue weighted by molar-refractivity contribution is 0.569. The Labute approximate surface area is 233 Å². The van der Waals surface area contributed by atoms with Crippen LogP contribution in [0.1, 0.15) is 0 Å². The fourth-order valence-electron chi connectivity index (χ4n) is 6.57. The van der Waals surface area contributed by atoms with E-state index in [2.05, 4.69) is 100 Å². The fourth-order valence-corrected chi connectivity index (χ4v) is 6.57. The van der Waals surface area contributed by atoms with Crippen LogP contribution in [0.3, 0.4) is 0 Å². The van der Waals surface area contributed by atoms with E-state index in [1.165, 1.54) is 27.1 Å². The van der Waals surface area contributed by atoms with E-state index in [4.69, 9.17) is 4.42 Å². The molecule has 4 heteroatoms. The van der Waals surface area contributed by atoms with Crippen LogP contribution in [-0.2, 0) is 0 Å². The lowest BCUT2D eigenvalue weighted by atomic mass is 10.1. The van der Waals surface area contributed by atoms with Gasteiger partial charge in [-0.1, -0.05) is 78.9 Å². The summed E-state index contributed by atoms with van der Waals surface area (Å²) in [6.45, 7) is 0. The van der Waals surface area contributed by atoms with E-state index >= 15 is 0 Å². The highest BCUT2D eigenvalue weighted by molar-refractivity contribution is 6.19. The van der Waals surface area contributed by atoms with Gasteiger partial charge in [0, 0.05) is 43.7 Å². The lowest BCUT2D eigenvalue weighted by Gasteiger charge is -2.11. The van der Waals surface area contributed by atoms with Gasteiger partial charge in [-0.3, -0.25) is 0 Å². The van der Waals surface area contributed by atoms with Gasteiger partial charge in [-0.25, -0.2) is 4.79 Å². The zero-order chi connectivity index (χ0) is 27.1. The first-order chi connectivity index (χ1) is 20.3. The summed E-state index contributed by atoms with van der Waals surface area (Å²) < 4.78 is 10.3.